The second-order valence-electron chi connectivity index (χ2n) is 21.8. The van der Waals surface area contributed by atoms with Crippen molar-refractivity contribution in [1.29, 1.82) is 0 Å². The molecule has 0 radical (unpaired) electrons. The first-order valence-electron chi connectivity index (χ1n) is 25.7. The van der Waals surface area contributed by atoms with E-state index in [1.165, 1.54) is 111 Å². The summed E-state index contributed by atoms with van der Waals surface area (Å²) in [7, 11) is 0. The molecule has 10 aromatic rings. The molecule has 0 saturated carbocycles. The van der Waals surface area contributed by atoms with Gasteiger partial charge in [-0.15, -0.1) is 0 Å². The van der Waals surface area contributed by atoms with Gasteiger partial charge >= 0.3 is 0 Å². The van der Waals surface area contributed by atoms with E-state index in [2.05, 4.69) is 205 Å². The summed E-state index contributed by atoms with van der Waals surface area (Å²) in [6.45, 7) is 19.1. The molecule has 0 bridgehead atoms. The molecule has 0 amide bonds. The summed E-state index contributed by atoms with van der Waals surface area (Å²) in [5.74, 6) is 0.237. The Morgan fingerprint density at radius 1 is 0.441 bits per heavy atom. The molecule has 0 unspecified atom stereocenters. The fourth-order valence-electron chi connectivity index (χ4n) is 13.2. The fourth-order valence-corrected chi connectivity index (χ4v) is 13.2. The lowest BCUT2D eigenvalue weighted by Crippen LogP contribution is -2.24. The first-order chi connectivity index (χ1) is 33.6. The lowest BCUT2D eigenvalue weighted by molar-refractivity contribution is 0.475. The summed E-state index contributed by atoms with van der Waals surface area (Å²) in [5.41, 5.74) is 20.8. The molecule has 0 spiro atoms. The molecule has 68 heavy (non-hydrogen) atoms. The normalized spacial score (nSPS) is 16.1. The van der Waals surface area contributed by atoms with Crippen LogP contribution in [0.4, 0.5) is 34.1 Å². The highest BCUT2D eigenvalue weighted by Gasteiger charge is 2.42. The number of para-hydroxylation sites is 2. The van der Waals surface area contributed by atoms with Gasteiger partial charge in [-0.25, -0.2) is 0 Å². The Hall–Kier alpha value is -7.16. The Morgan fingerprint density at radius 2 is 0.941 bits per heavy atom. The summed E-state index contributed by atoms with van der Waals surface area (Å²) < 4.78 is 17.3. The highest BCUT2D eigenvalue weighted by Crippen LogP contribution is 2.59. The maximum absolute atomic E-state index is 8.66. The second-order valence-corrected chi connectivity index (χ2v) is 21.8. The molecule has 0 aromatic heterocycles. The van der Waals surface area contributed by atoms with Crippen molar-refractivity contribution in [3.8, 4) is 22.3 Å². The van der Waals surface area contributed by atoms with Crippen molar-refractivity contribution in [1.82, 2.24) is 0 Å². The average Bonchev–Trinajstić information content (AvgIpc) is 3.74. The van der Waals surface area contributed by atoms with Gasteiger partial charge in [-0.2, -0.15) is 0 Å². The summed E-state index contributed by atoms with van der Waals surface area (Å²) >= 11 is 0. The van der Waals surface area contributed by atoms with Gasteiger partial charge in [-0.05, 0) is 156 Å². The zero-order valence-corrected chi connectivity index (χ0v) is 40.5. The quantitative estimate of drug-likeness (QED) is 0.147. The van der Waals surface area contributed by atoms with Crippen LogP contribution >= 0.6 is 0 Å². The van der Waals surface area contributed by atoms with E-state index >= 15 is 0 Å². The smallest absolute Gasteiger partial charge is 0.0623 e. The third kappa shape index (κ3) is 5.58. The Balaban J connectivity index is 1.17. The lowest BCUT2D eigenvalue weighted by atomic mass is 9.70. The van der Waals surface area contributed by atoms with E-state index in [1.54, 1.807) is 0 Å². The topological polar surface area (TPSA) is 6.48 Å². The van der Waals surface area contributed by atoms with Crippen LogP contribution in [0, 0.1) is 0 Å². The minimum Gasteiger partial charge on any atom is -0.310 e. The lowest BCUT2D eigenvalue weighted by Gasteiger charge is -2.38. The summed E-state index contributed by atoms with van der Waals surface area (Å²) in [6, 6.07) is 61.4. The molecule has 332 valence electrons. The van der Waals surface area contributed by atoms with E-state index in [4.69, 9.17) is 2.74 Å². The van der Waals surface area contributed by atoms with Crippen molar-refractivity contribution in [2.75, 3.05) is 9.80 Å². The fraction of sp³-hybridized carbons (Fsp3) is 0.212. The van der Waals surface area contributed by atoms with Gasteiger partial charge in [-0.1, -0.05) is 177 Å². The number of anilines is 6. The molecule has 10 aromatic carbocycles. The number of benzene rings is 10. The number of hydrogen-bond acceptors (Lipinski definition) is 2. The zero-order chi connectivity index (χ0) is 48.2. The van der Waals surface area contributed by atoms with Gasteiger partial charge in [0.05, 0.1) is 25.5 Å². The van der Waals surface area contributed by atoms with Crippen molar-refractivity contribution in [2.24, 2.45) is 0 Å². The van der Waals surface area contributed by atoms with E-state index < -0.39 is 0 Å². The standard InChI is InChI=1S/C66H58N2/c1-40(2)50-39-58(68(43-23-13-10-14-24-43)56-32-20-28-48-45-26-16-18-30-53(45)66(7,8)63(48)56)51-38-54-59-41(35-36-64(54,3)4)37-57(49-34-33-46(50)60(51)61(49)59)67(42-21-11-9-12-22-42)55-31-19-27-47-44-25-15-17-29-52(44)65(5,6)62(47)55/h9-34,37-40H,35-36H2,1-8H3/i9D,10D. The number of aryl methyl sites for hydroxylation is 1. The van der Waals surface area contributed by atoms with E-state index in [0.717, 1.165) is 29.9 Å². The molecular formula is C66H58N2. The van der Waals surface area contributed by atoms with Crippen LogP contribution in [0.5, 0.6) is 0 Å². The molecule has 0 atom stereocenters. The van der Waals surface area contributed by atoms with Crippen LogP contribution in [-0.4, -0.2) is 0 Å². The number of fused-ring (bicyclic) bond motifs is 6. The minimum absolute atomic E-state index is 0.0791. The van der Waals surface area contributed by atoms with Gasteiger partial charge < -0.3 is 9.80 Å². The van der Waals surface area contributed by atoms with Crippen molar-refractivity contribution < 1.29 is 2.74 Å². The molecule has 0 aliphatic heterocycles. The van der Waals surface area contributed by atoms with Crippen LogP contribution in [0.2, 0.25) is 0 Å². The first kappa shape index (κ1) is 38.9. The second kappa shape index (κ2) is 14.4. The van der Waals surface area contributed by atoms with Crippen LogP contribution in [0.25, 0.3) is 54.6 Å². The summed E-state index contributed by atoms with van der Waals surface area (Å²) in [6.07, 6.45) is 2.01. The maximum atomic E-state index is 8.66. The van der Waals surface area contributed by atoms with Crippen molar-refractivity contribution in [2.45, 2.75) is 90.4 Å². The average molecular weight is 881 g/mol. The number of rotatable bonds is 7. The molecule has 2 nitrogen and oxygen atoms in total. The first-order valence-corrected chi connectivity index (χ1v) is 24.7. The molecule has 0 fully saturated rings. The largest absolute Gasteiger partial charge is 0.310 e. The zero-order valence-electron chi connectivity index (χ0n) is 42.5. The van der Waals surface area contributed by atoms with Crippen LogP contribution in [-0.2, 0) is 22.7 Å². The Bertz CT molecular complexity index is 3800. The molecule has 3 aliphatic carbocycles. The molecule has 2 heteroatoms. The number of nitrogens with zero attached hydrogens (tertiary/aromatic N) is 2. The Labute approximate surface area is 404 Å². The molecule has 13 rings (SSSR count). The maximum Gasteiger partial charge on any atom is 0.0623 e. The van der Waals surface area contributed by atoms with E-state index in [9.17, 15) is 0 Å². The van der Waals surface area contributed by atoms with Gasteiger partial charge in [-0.3, -0.25) is 0 Å². The highest BCUT2D eigenvalue weighted by atomic mass is 15.2. The van der Waals surface area contributed by atoms with Crippen LogP contribution in [0.15, 0.2) is 176 Å². The highest BCUT2D eigenvalue weighted by molar-refractivity contribution is 6.30. The Morgan fingerprint density at radius 3 is 1.49 bits per heavy atom. The van der Waals surface area contributed by atoms with E-state index in [1.807, 2.05) is 24.3 Å². The summed E-state index contributed by atoms with van der Waals surface area (Å²) in [4.78, 5) is 5.06. The molecule has 3 aliphatic rings. The van der Waals surface area contributed by atoms with E-state index in [0.29, 0.717) is 12.1 Å². The predicted molar refractivity (Wildman–Crippen MR) is 290 cm³/mol. The monoisotopic (exact) mass is 880 g/mol. The summed E-state index contributed by atoms with van der Waals surface area (Å²) in [5, 5.41) is 7.81. The third-order valence-electron chi connectivity index (χ3n) is 16.4. The molecule has 0 saturated heterocycles. The minimum atomic E-state index is -0.256. The van der Waals surface area contributed by atoms with Crippen LogP contribution in [0.3, 0.4) is 0 Å². The van der Waals surface area contributed by atoms with Crippen molar-refractivity contribution in [3.05, 3.63) is 215 Å². The number of hydrogen-bond donors (Lipinski definition) is 0. The van der Waals surface area contributed by atoms with Gasteiger partial charge in [0, 0.05) is 38.4 Å². The predicted octanol–water partition coefficient (Wildman–Crippen LogP) is 18.5. The molecule has 0 heterocycles. The van der Waals surface area contributed by atoms with Gasteiger partial charge in [0.15, 0.2) is 0 Å². The van der Waals surface area contributed by atoms with Crippen molar-refractivity contribution >= 4 is 66.4 Å². The molecular weight excluding hydrogens is 821 g/mol. The van der Waals surface area contributed by atoms with Crippen LogP contribution < -0.4 is 9.80 Å². The van der Waals surface area contributed by atoms with Crippen molar-refractivity contribution in [3.63, 3.8) is 0 Å². The molecule has 0 N–H and O–H groups in total. The van der Waals surface area contributed by atoms with Gasteiger partial charge in [0.1, 0.15) is 0 Å². The van der Waals surface area contributed by atoms with Gasteiger partial charge in [0.2, 0.25) is 0 Å². The SMILES string of the molecule is [2H]c1ccc(N(c2cccc3c2C(C)(C)c2ccccc2-3)c2cc(C(C)C)c3ccc4c(N(c5ccc([2H])cc5)c5cccc6c5C(C)(C)c5ccccc5-6)cc5c6c(cc2c3c46)C(C)(C)CC5)cc1. The van der Waals surface area contributed by atoms with E-state index in [-0.39, 0.29) is 22.2 Å². The third-order valence-corrected chi connectivity index (χ3v) is 16.4. The van der Waals surface area contributed by atoms with Gasteiger partial charge in [0.25, 0.3) is 0 Å². The van der Waals surface area contributed by atoms with Crippen LogP contribution in [0.1, 0.15) is 109 Å². The Kier molecular flexibility index (Phi) is 8.25.